The first-order valence-corrected chi connectivity index (χ1v) is 6.47. The van der Waals surface area contributed by atoms with Crippen molar-refractivity contribution in [2.24, 2.45) is 11.7 Å². The molecule has 1 saturated carbocycles. The van der Waals surface area contributed by atoms with Gasteiger partial charge in [0.25, 0.3) is 0 Å². The fourth-order valence-corrected chi connectivity index (χ4v) is 2.68. The van der Waals surface area contributed by atoms with Crippen molar-refractivity contribution in [3.63, 3.8) is 0 Å². The third-order valence-electron chi connectivity index (χ3n) is 2.95. The molecule has 0 radical (unpaired) electrons. The van der Waals surface area contributed by atoms with E-state index in [2.05, 4.69) is 10.3 Å². The van der Waals surface area contributed by atoms with Crippen LogP contribution in [0.1, 0.15) is 30.0 Å². The van der Waals surface area contributed by atoms with Gasteiger partial charge < -0.3 is 11.1 Å². The van der Waals surface area contributed by atoms with Gasteiger partial charge in [0.1, 0.15) is 0 Å². The van der Waals surface area contributed by atoms with Gasteiger partial charge in [-0.3, -0.25) is 4.79 Å². The maximum absolute atomic E-state index is 11.8. The number of amides is 1. The number of hydrogen-bond acceptors (Lipinski definition) is 4. The van der Waals surface area contributed by atoms with Crippen molar-refractivity contribution in [1.29, 1.82) is 0 Å². The lowest BCUT2D eigenvalue weighted by atomic mass is 10.1. The second-order valence-corrected chi connectivity index (χ2v) is 5.41. The zero-order chi connectivity index (χ0) is 11.5. The average molecular weight is 239 g/mol. The number of hydrogen-bond donors (Lipinski definition) is 2. The summed E-state index contributed by atoms with van der Waals surface area (Å²) in [5.74, 6) is 0.230. The SMILES string of the molecule is Cc1nc(CNC(=O)C2CCC(N)C2)cs1. The molecule has 4 nitrogen and oxygen atoms in total. The minimum atomic E-state index is 0.106. The minimum Gasteiger partial charge on any atom is -0.350 e. The summed E-state index contributed by atoms with van der Waals surface area (Å²) in [5.41, 5.74) is 6.73. The lowest BCUT2D eigenvalue weighted by molar-refractivity contribution is -0.125. The van der Waals surface area contributed by atoms with E-state index in [1.54, 1.807) is 11.3 Å². The number of thiazole rings is 1. The number of nitrogens with zero attached hydrogens (tertiary/aromatic N) is 1. The fourth-order valence-electron chi connectivity index (χ4n) is 2.07. The third kappa shape index (κ3) is 2.80. The van der Waals surface area contributed by atoms with Crippen LogP contribution in [-0.2, 0) is 11.3 Å². The number of nitrogens with two attached hydrogens (primary N) is 1. The predicted octanol–water partition coefficient (Wildman–Crippen LogP) is 1.20. The molecule has 1 heterocycles. The molecule has 1 amide bonds. The van der Waals surface area contributed by atoms with Gasteiger partial charge in [-0.25, -0.2) is 4.98 Å². The molecular formula is C11H17N3OS. The molecule has 0 saturated heterocycles. The Morgan fingerprint density at radius 3 is 3.06 bits per heavy atom. The molecule has 0 aromatic carbocycles. The van der Waals surface area contributed by atoms with Crippen LogP contribution in [0.15, 0.2) is 5.38 Å². The normalized spacial score (nSPS) is 24.6. The highest BCUT2D eigenvalue weighted by Crippen LogP contribution is 2.24. The Morgan fingerprint density at radius 2 is 2.50 bits per heavy atom. The van der Waals surface area contributed by atoms with E-state index in [0.717, 1.165) is 30.0 Å². The van der Waals surface area contributed by atoms with E-state index >= 15 is 0 Å². The molecule has 16 heavy (non-hydrogen) atoms. The summed E-state index contributed by atoms with van der Waals surface area (Å²) < 4.78 is 0. The molecule has 1 fully saturated rings. The van der Waals surface area contributed by atoms with Crippen LogP contribution < -0.4 is 11.1 Å². The highest BCUT2D eigenvalue weighted by molar-refractivity contribution is 7.09. The number of aromatic nitrogens is 1. The smallest absolute Gasteiger partial charge is 0.223 e. The number of aryl methyl sites for hydroxylation is 1. The van der Waals surface area contributed by atoms with Crippen molar-refractivity contribution in [3.05, 3.63) is 16.1 Å². The summed E-state index contributed by atoms with van der Waals surface area (Å²) in [6.45, 7) is 2.50. The van der Waals surface area contributed by atoms with Crippen LogP contribution in [0.3, 0.4) is 0 Å². The molecule has 2 unspecified atom stereocenters. The van der Waals surface area contributed by atoms with Crippen molar-refractivity contribution in [3.8, 4) is 0 Å². The summed E-state index contributed by atoms with van der Waals surface area (Å²) in [7, 11) is 0. The number of carbonyl (C=O) groups is 1. The molecule has 0 spiro atoms. The molecule has 1 aromatic heterocycles. The van der Waals surface area contributed by atoms with Gasteiger partial charge in [-0.2, -0.15) is 0 Å². The van der Waals surface area contributed by atoms with Gasteiger partial charge in [-0.1, -0.05) is 0 Å². The Bertz CT molecular complexity index is 377. The summed E-state index contributed by atoms with van der Waals surface area (Å²) in [6.07, 6.45) is 2.71. The first kappa shape index (κ1) is 11.5. The van der Waals surface area contributed by atoms with Crippen LogP contribution in [0.5, 0.6) is 0 Å². The first-order chi connectivity index (χ1) is 7.65. The molecule has 1 aromatic rings. The van der Waals surface area contributed by atoms with E-state index in [9.17, 15) is 4.79 Å². The Kier molecular flexibility index (Phi) is 3.56. The Morgan fingerprint density at radius 1 is 1.69 bits per heavy atom. The zero-order valence-electron chi connectivity index (χ0n) is 9.40. The Hall–Kier alpha value is -0.940. The Labute approximate surface area is 99.3 Å². The van der Waals surface area contributed by atoms with Gasteiger partial charge in [-0.15, -0.1) is 11.3 Å². The molecular weight excluding hydrogens is 222 g/mol. The molecule has 88 valence electrons. The molecule has 0 bridgehead atoms. The minimum absolute atomic E-state index is 0.106. The monoisotopic (exact) mass is 239 g/mol. The summed E-state index contributed by atoms with van der Waals surface area (Å²) >= 11 is 1.61. The van der Waals surface area contributed by atoms with Gasteiger partial charge in [-0.05, 0) is 26.2 Å². The fraction of sp³-hybridized carbons (Fsp3) is 0.636. The second kappa shape index (κ2) is 4.93. The van der Waals surface area contributed by atoms with Crippen LogP contribution in [0.2, 0.25) is 0 Å². The number of carbonyl (C=O) groups excluding carboxylic acids is 1. The summed E-state index contributed by atoms with van der Waals surface area (Å²) in [4.78, 5) is 16.1. The lowest BCUT2D eigenvalue weighted by Crippen LogP contribution is -2.30. The van der Waals surface area contributed by atoms with E-state index in [1.165, 1.54) is 0 Å². The van der Waals surface area contributed by atoms with Crippen molar-refractivity contribution >= 4 is 17.2 Å². The molecule has 2 atom stereocenters. The van der Waals surface area contributed by atoms with E-state index in [0.29, 0.717) is 6.54 Å². The second-order valence-electron chi connectivity index (χ2n) is 4.35. The van der Waals surface area contributed by atoms with E-state index in [4.69, 9.17) is 5.73 Å². The largest absolute Gasteiger partial charge is 0.350 e. The van der Waals surface area contributed by atoms with Crippen molar-refractivity contribution in [2.75, 3.05) is 0 Å². The maximum Gasteiger partial charge on any atom is 0.223 e. The van der Waals surface area contributed by atoms with Gasteiger partial charge >= 0.3 is 0 Å². The molecule has 0 aliphatic heterocycles. The topological polar surface area (TPSA) is 68.0 Å². The van der Waals surface area contributed by atoms with E-state index < -0.39 is 0 Å². The Balaban J connectivity index is 1.80. The highest BCUT2D eigenvalue weighted by Gasteiger charge is 2.27. The highest BCUT2D eigenvalue weighted by atomic mass is 32.1. The van der Waals surface area contributed by atoms with Crippen molar-refractivity contribution in [2.45, 2.75) is 38.8 Å². The van der Waals surface area contributed by atoms with Crippen LogP contribution >= 0.6 is 11.3 Å². The predicted molar refractivity (Wildman–Crippen MR) is 64.0 cm³/mol. The van der Waals surface area contributed by atoms with E-state index in [-0.39, 0.29) is 17.9 Å². The standard InChI is InChI=1S/C11H17N3OS/c1-7-14-10(6-16-7)5-13-11(15)8-2-3-9(12)4-8/h6,8-9H,2-5,12H2,1H3,(H,13,15). The quantitative estimate of drug-likeness (QED) is 0.832. The third-order valence-corrected chi connectivity index (χ3v) is 3.78. The van der Waals surface area contributed by atoms with Crippen molar-refractivity contribution < 1.29 is 4.79 Å². The van der Waals surface area contributed by atoms with Crippen LogP contribution in [-0.4, -0.2) is 16.9 Å². The lowest BCUT2D eigenvalue weighted by Gasteiger charge is -2.09. The summed E-state index contributed by atoms with van der Waals surface area (Å²) in [6, 6.07) is 0.206. The van der Waals surface area contributed by atoms with Crippen LogP contribution in [0, 0.1) is 12.8 Å². The molecule has 5 heteroatoms. The van der Waals surface area contributed by atoms with Gasteiger partial charge in [0.15, 0.2) is 0 Å². The number of rotatable bonds is 3. The summed E-state index contributed by atoms with van der Waals surface area (Å²) in [5, 5.41) is 5.94. The van der Waals surface area contributed by atoms with Crippen LogP contribution in [0.25, 0.3) is 0 Å². The van der Waals surface area contributed by atoms with Gasteiger partial charge in [0.2, 0.25) is 5.91 Å². The van der Waals surface area contributed by atoms with Gasteiger partial charge in [0.05, 0.1) is 17.2 Å². The number of nitrogens with one attached hydrogen (secondary N) is 1. The zero-order valence-corrected chi connectivity index (χ0v) is 10.2. The molecule has 3 N–H and O–H groups in total. The molecule has 1 aliphatic carbocycles. The van der Waals surface area contributed by atoms with Crippen LogP contribution in [0.4, 0.5) is 0 Å². The van der Waals surface area contributed by atoms with Crippen molar-refractivity contribution in [1.82, 2.24) is 10.3 Å². The van der Waals surface area contributed by atoms with E-state index in [1.807, 2.05) is 12.3 Å². The average Bonchev–Trinajstić information content (AvgIpc) is 2.84. The van der Waals surface area contributed by atoms with Gasteiger partial charge in [0, 0.05) is 17.3 Å². The maximum atomic E-state index is 11.8. The molecule has 1 aliphatic rings. The molecule has 2 rings (SSSR count). The first-order valence-electron chi connectivity index (χ1n) is 5.59.